The van der Waals surface area contributed by atoms with Gasteiger partial charge < -0.3 is 19.2 Å². The Kier molecular flexibility index (Phi) is 4.74. The summed E-state index contributed by atoms with van der Waals surface area (Å²) in [7, 11) is 0. The van der Waals surface area contributed by atoms with Gasteiger partial charge in [0.05, 0.1) is 5.52 Å². The van der Waals surface area contributed by atoms with Crippen LogP contribution < -0.4 is 15.2 Å². The number of aromatic nitrogens is 3. The van der Waals surface area contributed by atoms with Crippen molar-refractivity contribution in [1.82, 2.24) is 14.5 Å². The average Bonchev–Trinajstić information content (AvgIpc) is 3.05. The highest BCUT2D eigenvalue weighted by atomic mass is 19.4. The molecule has 3 aromatic rings. The summed E-state index contributed by atoms with van der Waals surface area (Å²) in [6.45, 7) is 0.211. The maximum Gasteiger partial charge on any atom is 0.406 e. The molecule has 1 aliphatic heterocycles. The molecule has 0 unspecified atom stereocenters. The zero-order chi connectivity index (χ0) is 19.7. The fourth-order valence-corrected chi connectivity index (χ4v) is 3.56. The van der Waals surface area contributed by atoms with Gasteiger partial charge in [-0.05, 0) is 18.2 Å². The van der Waals surface area contributed by atoms with E-state index in [0.717, 1.165) is 0 Å². The highest BCUT2D eigenvalue weighted by Crippen LogP contribution is 2.31. The van der Waals surface area contributed by atoms with Crippen LogP contribution in [0.5, 0.6) is 5.75 Å². The number of aromatic amines is 1. The molecule has 1 fully saturated rings. The van der Waals surface area contributed by atoms with Gasteiger partial charge in [-0.25, -0.2) is 4.98 Å². The number of ether oxygens (including phenoxy) is 1. The van der Waals surface area contributed by atoms with E-state index in [4.69, 9.17) is 4.74 Å². The summed E-state index contributed by atoms with van der Waals surface area (Å²) in [5.41, 5.74) is 0.268. The number of H-pyrrole nitrogens is 1. The zero-order valence-corrected chi connectivity index (χ0v) is 14.9. The molecule has 1 aliphatic rings. The van der Waals surface area contributed by atoms with Crippen molar-refractivity contribution in [3.05, 3.63) is 53.2 Å². The second-order valence-electron chi connectivity index (χ2n) is 6.79. The first kappa shape index (κ1) is 18.4. The zero-order valence-electron chi connectivity index (χ0n) is 14.9. The molecule has 0 aliphatic carbocycles. The van der Waals surface area contributed by atoms with Gasteiger partial charge in [0, 0.05) is 49.9 Å². The van der Waals surface area contributed by atoms with Crippen LogP contribution in [-0.4, -0.2) is 39.9 Å². The molecule has 0 atom stereocenters. The minimum absolute atomic E-state index is 0.0735. The molecule has 0 radical (unpaired) electrons. The molecule has 4 rings (SSSR count). The number of anilines is 1. The van der Waals surface area contributed by atoms with Crippen molar-refractivity contribution in [2.24, 2.45) is 0 Å². The maximum absolute atomic E-state index is 12.7. The molecule has 1 aromatic carbocycles. The molecule has 1 saturated heterocycles. The molecule has 2 aromatic heterocycles. The average molecular weight is 392 g/mol. The summed E-state index contributed by atoms with van der Waals surface area (Å²) in [6, 6.07) is 6.78. The molecule has 0 amide bonds. The van der Waals surface area contributed by atoms with Gasteiger partial charge in [0.2, 0.25) is 0 Å². The molecule has 1 N–H and O–H groups in total. The lowest BCUT2D eigenvalue weighted by Gasteiger charge is -2.32. The minimum atomic E-state index is -4.28. The molecule has 6 nitrogen and oxygen atoms in total. The Morgan fingerprint density at radius 1 is 1.21 bits per heavy atom. The predicted octanol–water partition coefficient (Wildman–Crippen LogP) is 3.33. The van der Waals surface area contributed by atoms with Crippen molar-refractivity contribution in [3.8, 4) is 5.75 Å². The minimum Gasteiger partial charge on any atom is -0.490 e. The number of benzene rings is 1. The number of hydrogen-bond donors (Lipinski definition) is 1. The molecule has 3 heterocycles. The molecule has 148 valence electrons. The molecular formula is C19H19F3N4O2. The molecule has 9 heteroatoms. The Morgan fingerprint density at radius 2 is 2.00 bits per heavy atom. The standard InChI is InChI=1S/C19H19F3N4O2/c20-19(21,22)12-26-11-6-14-15(26)2-1-3-16(14)28-13-4-9-25(10-5-13)17-18(27)24-8-7-23-17/h1-3,6-8,11,13H,4-5,9-10,12H2,(H,24,27). The topological polar surface area (TPSA) is 63.1 Å². The lowest BCUT2D eigenvalue weighted by atomic mass is 10.1. The smallest absolute Gasteiger partial charge is 0.406 e. The van der Waals surface area contributed by atoms with Crippen molar-refractivity contribution in [2.45, 2.75) is 31.7 Å². The van der Waals surface area contributed by atoms with Gasteiger partial charge in [-0.15, -0.1) is 0 Å². The lowest BCUT2D eigenvalue weighted by Crippen LogP contribution is -2.41. The van der Waals surface area contributed by atoms with E-state index in [1.165, 1.54) is 17.0 Å². The van der Waals surface area contributed by atoms with Crippen LogP contribution in [0.4, 0.5) is 19.0 Å². The van der Waals surface area contributed by atoms with E-state index in [0.29, 0.717) is 48.4 Å². The molecule has 0 spiro atoms. The monoisotopic (exact) mass is 392 g/mol. The first-order valence-electron chi connectivity index (χ1n) is 9.00. The quantitative estimate of drug-likeness (QED) is 0.740. The van der Waals surface area contributed by atoms with Crippen LogP contribution in [0, 0.1) is 0 Å². The van der Waals surface area contributed by atoms with Crippen molar-refractivity contribution in [2.75, 3.05) is 18.0 Å². The summed E-state index contributed by atoms with van der Waals surface area (Å²) in [5, 5.41) is 0.662. The number of halogens is 3. The number of piperidine rings is 1. The number of fused-ring (bicyclic) bond motifs is 1. The normalized spacial score (nSPS) is 15.9. The van der Waals surface area contributed by atoms with Crippen molar-refractivity contribution < 1.29 is 17.9 Å². The van der Waals surface area contributed by atoms with E-state index in [1.807, 2.05) is 4.90 Å². The van der Waals surface area contributed by atoms with E-state index in [9.17, 15) is 18.0 Å². The Labute approximate surface area is 158 Å². The van der Waals surface area contributed by atoms with E-state index in [2.05, 4.69) is 9.97 Å². The third-order valence-electron chi connectivity index (χ3n) is 4.85. The van der Waals surface area contributed by atoms with E-state index in [1.54, 1.807) is 30.5 Å². The number of rotatable bonds is 4. The van der Waals surface area contributed by atoms with E-state index >= 15 is 0 Å². The lowest BCUT2D eigenvalue weighted by molar-refractivity contribution is -0.139. The molecule has 0 bridgehead atoms. The Balaban J connectivity index is 1.46. The molecule has 28 heavy (non-hydrogen) atoms. The van der Waals surface area contributed by atoms with Crippen molar-refractivity contribution >= 4 is 16.7 Å². The van der Waals surface area contributed by atoms with Crippen LogP contribution in [0.25, 0.3) is 10.9 Å². The van der Waals surface area contributed by atoms with Gasteiger partial charge in [-0.2, -0.15) is 13.2 Å². The molecule has 0 saturated carbocycles. The Hall–Kier alpha value is -2.97. The third-order valence-corrected chi connectivity index (χ3v) is 4.85. The highest BCUT2D eigenvalue weighted by Gasteiger charge is 2.29. The summed E-state index contributed by atoms with van der Waals surface area (Å²) in [4.78, 5) is 20.5. The van der Waals surface area contributed by atoms with Gasteiger partial charge >= 0.3 is 6.18 Å². The maximum atomic E-state index is 12.7. The van der Waals surface area contributed by atoms with Gasteiger partial charge in [0.15, 0.2) is 5.82 Å². The van der Waals surface area contributed by atoms with Gasteiger partial charge in [0.25, 0.3) is 5.56 Å². The predicted molar refractivity (Wildman–Crippen MR) is 98.7 cm³/mol. The first-order valence-corrected chi connectivity index (χ1v) is 9.00. The van der Waals surface area contributed by atoms with Crippen LogP contribution in [0.3, 0.4) is 0 Å². The van der Waals surface area contributed by atoms with Gasteiger partial charge in [0.1, 0.15) is 18.4 Å². The summed E-state index contributed by atoms with van der Waals surface area (Å²) >= 11 is 0. The highest BCUT2D eigenvalue weighted by molar-refractivity contribution is 5.86. The first-order chi connectivity index (χ1) is 13.4. The summed E-state index contributed by atoms with van der Waals surface area (Å²) < 4.78 is 45.5. The number of nitrogens with zero attached hydrogens (tertiary/aromatic N) is 3. The van der Waals surface area contributed by atoms with Crippen LogP contribution >= 0.6 is 0 Å². The van der Waals surface area contributed by atoms with Crippen molar-refractivity contribution in [3.63, 3.8) is 0 Å². The fraction of sp³-hybridized carbons (Fsp3) is 0.368. The van der Waals surface area contributed by atoms with E-state index in [-0.39, 0.29) is 11.7 Å². The van der Waals surface area contributed by atoms with Gasteiger partial charge in [-0.3, -0.25) is 4.79 Å². The third kappa shape index (κ3) is 3.83. The number of nitrogens with one attached hydrogen (secondary N) is 1. The van der Waals surface area contributed by atoms with E-state index < -0.39 is 12.7 Å². The van der Waals surface area contributed by atoms with Crippen LogP contribution in [0.2, 0.25) is 0 Å². The summed E-state index contributed by atoms with van der Waals surface area (Å²) in [6.07, 6.45) is 1.50. The Bertz CT molecular complexity index is 1020. The van der Waals surface area contributed by atoms with Crippen LogP contribution in [0.1, 0.15) is 12.8 Å². The molecular weight excluding hydrogens is 373 g/mol. The van der Waals surface area contributed by atoms with Crippen molar-refractivity contribution in [1.29, 1.82) is 0 Å². The van der Waals surface area contributed by atoms with Gasteiger partial charge in [-0.1, -0.05) is 6.07 Å². The van der Waals surface area contributed by atoms with Crippen LogP contribution in [0.15, 0.2) is 47.7 Å². The number of hydrogen-bond acceptors (Lipinski definition) is 4. The second-order valence-corrected chi connectivity index (χ2v) is 6.79. The largest absolute Gasteiger partial charge is 0.490 e. The fourth-order valence-electron chi connectivity index (χ4n) is 3.56. The van der Waals surface area contributed by atoms with Crippen LogP contribution in [-0.2, 0) is 6.54 Å². The second kappa shape index (κ2) is 7.21. The Morgan fingerprint density at radius 3 is 2.71 bits per heavy atom. The number of alkyl halides is 3. The SMILES string of the molecule is O=c1[nH]ccnc1N1CCC(Oc2cccc3c2ccn3CC(F)(F)F)CC1. The summed E-state index contributed by atoms with van der Waals surface area (Å²) in [5.74, 6) is 0.972.